The van der Waals surface area contributed by atoms with Crippen LogP contribution in [0.3, 0.4) is 0 Å². The Bertz CT molecular complexity index is 3530. The first-order valence-corrected chi connectivity index (χ1v) is 21.2. The molecule has 60 heavy (non-hydrogen) atoms. The molecule has 3 aromatic heterocycles. The van der Waals surface area contributed by atoms with Crippen LogP contribution < -0.4 is 0 Å². The lowest BCUT2D eigenvalue weighted by Crippen LogP contribution is -2.33. The maximum Gasteiger partial charge on any atom is 0.165 e. The molecule has 4 heteroatoms. The van der Waals surface area contributed by atoms with E-state index >= 15 is 0 Å². The number of fused-ring (bicyclic) bond motifs is 10. The standard InChI is InChI=1S/C56H44N4/c1-55(2)28-29-56(3,4)45-34-51-41(31-44(45)55)42-32-50-43(33-49(42)59(51)39-21-9-6-10-22-39)52-40-23-12-11-18-36(40)26-27-48(52)60(50)54-53(57-46-24-13-14-25-47(46)58-54)38-20-15-19-37(30-38)35-16-7-5-8-17-35/h5-27,30-34H,28-29H2,1-4H3. The molecule has 1 aliphatic carbocycles. The van der Waals surface area contributed by atoms with Gasteiger partial charge in [0.25, 0.3) is 0 Å². The van der Waals surface area contributed by atoms with Crippen LogP contribution in [0.4, 0.5) is 0 Å². The van der Waals surface area contributed by atoms with Crippen LogP contribution in [-0.4, -0.2) is 19.1 Å². The minimum absolute atomic E-state index is 0.0714. The fourth-order valence-corrected chi connectivity index (χ4v) is 10.3. The second-order valence-corrected chi connectivity index (χ2v) is 18.1. The SMILES string of the molecule is CC1(C)CCC(C)(C)c2cc3c(cc21)c1cc2c(cc1n3-c1ccccc1)c1c3ccccc3ccc1n2-c1nc2ccccc2nc1-c1cccc(-c2ccccc2)c1. The Morgan fingerprint density at radius 1 is 0.417 bits per heavy atom. The molecule has 3 heterocycles. The maximum absolute atomic E-state index is 5.56. The molecule has 0 fully saturated rings. The van der Waals surface area contributed by atoms with Crippen molar-refractivity contribution in [1.29, 1.82) is 0 Å². The molecule has 288 valence electrons. The summed E-state index contributed by atoms with van der Waals surface area (Å²) in [4.78, 5) is 11.0. The Morgan fingerprint density at radius 3 is 1.78 bits per heavy atom. The highest BCUT2D eigenvalue weighted by atomic mass is 15.1. The zero-order chi connectivity index (χ0) is 40.3. The van der Waals surface area contributed by atoms with E-state index in [0.29, 0.717) is 0 Å². The molecule has 0 spiro atoms. The van der Waals surface area contributed by atoms with E-state index in [1.807, 2.05) is 6.07 Å². The van der Waals surface area contributed by atoms with Gasteiger partial charge in [0, 0.05) is 32.8 Å². The van der Waals surface area contributed by atoms with Gasteiger partial charge in [0.15, 0.2) is 5.82 Å². The zero-order valence-electron chi connectivity index (χ0n) is 34.4. The molecule has 1 aliphatic rings. The van der Waals surface area contributed by atoms with Crippen LogP contribution in [-0.2, 0) is 10.8 Å². The molecule has 0 radical (unpaired) electrons. The molecule has 0 saturated carbocycles. The van der Waals surface area contributed by atoms with Gasteiger partial charge in [-0.05, 0) is 117 Å². The summed E-state index contributed by atoms with van der Waals surface area (Å²) in [5.74, 6) is 0.820. The minimum Gasteiger partial charge on any atom is -0.309 e. The summed E-state index contributed by atoms with van der Waals surface area (Å²) < 4.78 is 4.91. The van der Waals surface area contributed by atoms with Gasteiger partial charge >= 0.3 is 0 Å². The zero-order valence-corrected chi connectivity index (χ0v) is 34.4. The number of benzene rings is 8. The lowest BCUT2D eigenvalue weighted by molar-refractivity contribution is 0.332. The molecular weight excluding hydrogens is 729 g/mol. The minimum atomic E-state index is 0.0714. The van der Waals surface area contributed by atoms with Crippen LogP contribution in [0.15, 0.2) is 170 Å². The van der Waals surface area contributed by atoms with Crippen molar-refractivity contribution >= 4 is 65.4 Å². The predicted octanol–water partition coefficient (Wildman–Crippen LogP) is 14.7. The van der Waals surface area contributed by atoms with E-state index in [9.17, 15) is 0 Å². The fourth-order valence-electron chi connectivity index (χ4n) is 10.3. The lowest BCUT2D eigenvalue weighted by atomic mass is 9.63. The summed E-state index contributed by atoms with van der Waals surface area (Å²) in [5.41, 5.74) is 14.8. The Kier molecular flexibility index (Phi) is 7.41. The van der Waals surface area contributed by atoms with Crippen molar-refractivity contribution in [2.45, 2.75) is 51.4 Å². The molecule has 0 bridgehead atoms. The average molecular weight is 773 g/mol. The van der Waals surface area contributed by atoms with Crippen molar-refractivity contribution in [2.24, 2.45) is 0 Å². The van der Waals surface area contributed by atoms with Gasteiger partial charge < -0.3 is 4.57 Å². The third kappa shape index (κ3) is 5.16. The number of nitrogens with zero attached hydrogens (tertiary/aromatic N) is 4. The van der Waals surface area contributed by atoms with Gasteiger partial charge in [-0.2, -0.15) is 0 Å². The van der Waals surface area contributed by atoms with Crippen LogP contribution in [0.25, 0.3) is 99.3 Å². The van der Waals surface area contributed by atoms with Crippen molar-refractivity contribution in [1.82, 2.24) is 19.1 Å². The maximum atomic E-state index is 5.56. The first-order chi connectivity index (χ1) is 29.2. The molecule has 11 aromatic rings. The summed E-state index contributed by atoms with van der Waals surface area (Å²) in [6.45, 7) is 9.71. The van der Waals surface area contributed by atoms with Crippen LogP contribution in [0, 0.1) is 0 Å². The smallest absolute Gasteiger partial charge is 0.165 e. The number of para-hydroxylation sites is 3. The normalized spacial score (nSPS) is 14.8. The molecule has 0 atom stereocenters. The van der Waals surface area contributed by atoms with E-state index in [1.54, 1.807) is 0 Å². The van der Waals surface area contributed by atoms with E-state index < -0.39 is 0 Å². The van der Waals surface area contributed by atoms with Crippen LogP contribution in [0.1, 0.15) is 51.7 Å². The van der Waals surface area contributed by atoms with Gasteiger partial charge in [0.05, 0.1) is 33.1 Å². The Morgan fingerprint density at radius 2 is 1.00 bits per heavy atom. The average Bonchev–Trinajstić information content (AvgIpc) is 3.78. The Hall–Kier alpha value is -7.04. The third-order valence-corrected chi connectivity index (χ3v) is 13.5. The molecule has 0 N–H and O–H groups in total. The molecule has 0 saturated heterocycles. The van der Waals surface area contributed by atoms with Gasteiger partial charge in [0.1, 0.15) is 5.69 Å². The summed E-state index contributed by atoms with van der Waals surface area (Å²) in [6, 6.07) is 61.8. The van der Waals surface area contributed by atoms with Gasteiger partial charge in [-0.15, -0.1) is 0 Å². The molecule has 0 aliphatic heterocycles. The van der Waals surface area contributed by atoms with Crippen molar-refractivity contribution in [3.63, 3.8) is 0 Å². The highest BCUT2D eigenvalue weighted by molar-refractivity contribution is 6.25. The van der Waals surface area contributed by atoms with Crippen LogP contribution >= 0.6 is 0 Å². The van der Waals surface area contributed by atoms with E-state index in [-0.39, 0.29) is 10.8 Å². The topological polar surface area (TPSA) is 35.6 Å². The largest absolute Gasteiger partial charge is 0.309 e. The molecule has 0 amide bonds. The van der Waals surface area contributed by atoms with E-state index in [4.69, 9.17) is 9.97 Å². The monoisotopic (exact) mass is 772 g/mol. The number of rotatable bonds is 4. The summed E-state index contributed by atoms with van der Waals surface area (Å²) in [7, 11) is 0. The molecule has 8 aromatic carbocycles. The molecular formula is C56H44N4. The Labute approximate surface area is 349 Å². The van der Waals surface area contributed by atoms with E-state index in [2.05, 4.69) is 201 Å². The number of hydrogen-bond acceptors (Lipinski definition) is 2. The quantitative estimate of drug-likeness (QED) is 0.179. The highest BCUT2D eigenvalue weighted by Gasteiger charge is 2.38. The van der Waals surface area contributed by atoms with Gasteiger partial charge in [0.2, 0.25) is 0 Å². The predicted molar refractivity (Wildman–Crippen MR) is 252 cm³/mol. The fraction of sp³-hybridized carbons (Fsp3) is 0.143. The molecule has 4 nitrogen and oxygen atoms in total. The van der Waals surface area contributed by atoms with Gasteiger partial charge in [-0.25, -0.2) is 9.97 Å². The van der Waals surface area contributed by atoms with Crippen molar-refractivity contribution < 1.29 is 0 Å². The Balaban J connectivity index is 1.25. The lowest BCUT2D eigenvalue weighted by Gasteiger charge is -2.42. The van der Waals surface area contributed by atoms with Gasteiger partial charge in [-0.3, -0.25) is 4.57 Å². The van der Waals surface area contributed by atoms with Crippen LogP contribution in [0.2, 0.25) is 0 Å². The molecule has 12 rings (SSSR count). The summed E-state index contributed by atoms with van der Waals surface area (Å²) >= 11 is 0. The second kappa shape index (κ2) is 12.7. The first kappa shape index (κ1) is 35.0. The second-order valence-electron chi connectivity index (χ2n) is 18.1. The van der Waals surface area contributed by atoms with Crippen molar-refractivity contribution in [3.8, 4) is 33.9 Å². The highest BCUT2D eigenvalue weighted by Crippen LogP contribution is 2.50. The van der Waals surface area contributed by atoms with E-state index in [0.717, 1.165) is 51.1 Å². The summed E-state index contributed by atoms with van der Waals surface area (Å²) in [6.07, 6.45) is 2.33. The van der Waals surface area contributed by atoms with Gasteiger partial charge in [-0.1, -0.05) is 137 Å². The van der Waals surface area contributed by atoms with E-state index in [1.165, 1.54) is 72.1 Å². The van der Waals surface area contributed by atoms with Crippen LogP contribution in [0.5, 0.6) is 0 Å². The first-order valence-electron chi connectivity index (χ1n) is 21.2. The number of hydrogen-bond donors (Lipinski definition) is 0. The number of aromatic nitrogens is 4. The van der Waals surface area contributed by atoms with Crippen molar-refractivity contribution in [3.05, 3.63) is 181 Å². The third-order valence-electron chi connectivity index (χ3n) is 13.5. The molecule has 0 unspecified atom stereocenters. The summed E-state index contributed by atoms with van der Waals surface area (Å²) in [5, 5.41) is 7.36. The van der Waals surface area contributed by atoms with Crippen molar-refractivity contribution in [2.75, 3.05) is 0 Å².